The molecular weight excluding hydrogens is 340 g/mol. The molecule has 1 aliphatic rings. The number of aryl methyl sites for hydroxylation is 1. The number of thioether (sulfide) groups is 2. The molecule has 1 saturated heterocycles. The van der Waals surface area contributed by atoms with Crippen LogP contribution in [0.2, 0.25) is 0 Å². The minimum absolute atomic E-state index is 0.242. The first-order valence-corrected chi connectivity index (χ1v) is 10.5. The molecule has 1 amide bonds. The Morgan fingerprint density at radius 2 is 1.96 bits per heavy atom. The molecule has 0 saturated carbocycles. The fraction of sp³-hybridized carbons (Fsp3) is 0.444. The monoisotopic (exact) mass is 362 g/mol. The smallest absolute Gasteiger partial charge is 0.232 e. The molecule has 0 N–H and O–H groups in total. The van der Waals surface area contributed by atoms with E-state index in [0.29, 0.717) is 17.4 Å². The van der Waals surface area contributed by atoms with Crippen LogP contribution in [-0.2, 0) is 10.5 Å². The van der Waals surface area contributed by atoms with Crippen LogP contribution in [0.3, 0.4) is 0 Å². The highest BCUT2D eigenvalue weighted by molar-refractivity contribution is 7.99. The summed E-state index contributed by atoms with van der Waals surface area (Å²) in [5.74, 6) is 2.95. The maximum absolute atomic E-state index is 12.1. The first-order chi connectivity index (χ1) is 11.7. The Kier molecular flexibility index (Phi) is 5.89. The van der Waals surface area contributed by atoms with E-state index < -0.39 is 0 Å². The molecule has 0 bridgehead atoms. The molecule has 3 rings (SSSR count). The molecule has 24 heavy (non-hydrogen) atoms. The minimum Gasteiger partial charge on any atom is -0.441 e. The topological polar surface area (TPSA) is 46.3 Å². The van der Waals surface area contributed by atoms with E-state index >= 15 is 0 Å². The van der Waals surface area contributed by atoms with Crippen LogP contribution in [0.4, 0.5) is 0 Å². The Labute approximate surface area is 151 Å². The van der Waals surface area contributed by atoms with Crippen molar-refractivity contribution in [3.63, 3.8) is 0 Å². The summed E-state index contributed by atoms with van der Waals surface area (Å²) >= 11 is 3.33. The summed E-state index contributed by atoms with van der Waals surface area (Å²) in [6.07, 6.45) is 4.33. The molecule has 6 heteroatoms. The number of oxazole rings is 1. The second-order valence-corrected chi connectivity index (χ2v) is 7.70. The number of hydrogen-bond donors (Lipinski definition) is 0. The summed E-state index contributed by atoms with van der Waals surface area (Å²) in [6.45, 7) is 3.77. The van der Waals surface area contributed by atoms with Gasteiger partial charge in [0.2, 0.25) is 11.8 Å². The number of carbonyl (C=O) groups is 1. The third-order valence-electron chi connectivity index (χ3n) is 4.15. The molecule has 0 atom stereocenters. The van der Waals surface area contributed by atoms with Crippen molar-refractivity contribution in [2.24, 2.45) is 0 Å². The first kappa shape index (κ1) is 17.4. The number of likely N-dealkylation sites (tertiary alicyclic amines) is 1. The van der Waals surface area contributed by atoms with Gasteiger partial charge in [-0.15, -0.1) is 23.5 Å². The van der Waals surface area contributed by atoms with Gasteiger partial charge in [-0.3, -0.25) is 4.79 Å². The molecule has 128 valence electrons. The predicted molar refractivity (Wildman–Crippen MR) is 100 cm³/mol. The minimum atomic E-state index is 0.242. The number of benzene rings is 1. The quantitative estimate of drug-likeness (QED) is 0.720. The Balaban J connectivity index is 1.58. The van der Waals surface area contributed by atoms with Crippen molar-refractivity contribution in [1.82, 2.24) is 9.88 Å². The molecule has 0 radical (unpaired) electrons. The van der Waals surface area contributed by atoms with Gasteiger partial charge in [0.1, 0.15) is 5.76 Å². The van der Waals surface area contributed by atoms with Crippen molar-refractivity contribution in [3.05, 3.63) is 35.7 Å². The van der Waals surface area contributed by atoms with Crippen LogP contribution in [0.1, 0.15) is 24.3 Å². The zero-order valence-corrected chi connectivity index (χ0v) is 15.7. The van der Waals surface area contributed by atoms with Crippen molar-refractivity contribution in [2.75, 3.05) is 25.1 Å². The summed E-state index contributed by atoms with van der Waals surface area (Å²) in [6, 6.07) is 8.21. The van der Waals surface area contributed by atoms with Crippen LogP contribution < -0.4 is 0 Å². The summed E-state index contributed by atoms with van der Waals surface area (Å²) < 4.78 is 5.80. The molecular formula is C18H22N2O2S2. The highest BCUT2D eigenvalue weighted by Crippen LogP contribution is 2.26. The fourth-order valence-electron chi connectivity index (χ4n) is 2.71. The lowest BCUT2D eigenvalue weighted by molar-refractivity contribution is -0.127. The maximum Gasteiger partial charge on any atom is 0.232 e. The molecule has 4 nitrogen and oxygen atoms in total. The van der Waals surface area contributed by atoms with Crippen molar-refractivity contribution in [2.45, 2.75) is 30.4 Å². The second-order valence-electron chi connectivity index (χ2n) is 5.83. The third-order valence-corrected chi connectivity index (χ3v) is 5.82. The molecule has 2 aromatic rings. The first-order valence-electron chi connectivity index (χ1n) is 8.13. The highest BCUT2D eigenvalue weighted by Gasteiger charge is 2.18. The lowest BCUT2D eigenvalue weighted by atomic mass is 10.2. The van der Waals surface area contributed by atoms with Gasteiger partial charge in [0.25, 0.3) is 0 Å². The van der Waals surface area contributed by atoms with E-state index in [1.165, 1.54) is 4.90 Å². The van der Waals surface area contributed by atoms with Crippen molar-refractivity contribution in [1.29, 1.82) is 0 Å². The maximum atomic E-state index is 12.1. The van der Waals surface area contributed by atoms with Crippen molar-refractivity contribution in [3.8, 4) is 11.5 Å². The van der Waals surface area contributed by atoms with Gasteiger partial charge in [-0.1, -0.05) is 0 Å². The highest BCUT2D eigenvalue weighted by atomic mass is 32.2. The van der Waals surface area contributed by atoms with E-state index in [-0.39, 0.29) is 5.91 Å². The van der Waals surface area contributed by atoms with E-state index in [2.05, 4.69) is 23.4 Å². The van der Waals surface area contributed by atoms with Gasteiger partial charge in [0.05, 0.1) is 11.4 Å². The average Bonchev–Trinajstić information content (AvgIpc) is 3.25. The average molecular weight is 363 g/mol. The summed E-state index contributed by atoms with van der Waals surface area (Å²) in [5, 5.41) is 0. The van der Waals surface area contributed by atoms with Crippen molar-refractivity contribution >= 4 is 29.4 Å². The van der Waals surface area contributed by atoms with Gasteiger partial charge in [-0.25, -0.2) is 4.98 Å². The number of rotatable bonds is 6. The Hall–Kier alpha value is -1.40. The molecule has 2 heterocycles. The van der Waals surface area contributed by atoms with Gasteiger partial charge in [0, 0.05) is 29.3 Å². The van der Waals surface area contributed by atoms with Crippen LogP contribution in [0.15, 0.2) is 33.6 Å². The van der Waals surface area contributed by atoms with Crippen LogP contribution in [0.25, 0.3) is 11.5 Å². The van der Waals surface area contributed by atoms with Crippen LogP contribution in [-0.4, -0.2) is 40.9 Å². The zero-order valence-electron chi connectivity index (χ0n) is 14.1. The molecule has 1 aromatic carbocycles. The molecule has 1 fully saturated rings. The van der Waals surface area contributed by atoms with Crippen LogP contribution in [0, 0.1) is 6.92 Å². The number of aromatic nitrogens is 1. The van der Waals surface area contributed by atoms with Crippen molar-refractivity contribution < 1.29 is 9.21 Å². The number of hydrogen-bond acceptors (Lipinski definition) is 5. The second kappa shape index (κ2) is 8.12. The van der Waals surface area contributed by atoms with E-state index in [1.807, 2.05) is 24.0 Å². The third kappa shape index (κ3) is 4.16. The van der Waals surface area contributed by atoms with Crippen LogP contribution >= 0.6 is 23.5 Å². The Morgan fingerprint density at radius 3 is 2.62 bits per heavy atom. The van der Waals surface area contributed by atoms with Gasteiger partial charge in [-0.2, -0.15) is 0 Å². The largest absolute Gasteiger partial charge is 0.441 e. The van der Waals surface area contributed by atoms with Gasteiger partial charge in [0.15, 0.2) is 0 Å². The number of carbonyl (C=O) groups excluding carboxylic acids is 1. The normalized spacial score (nSPS) is 14.3. The summed E-state index contributed by atoms with van der Waals surface area (Å²) in [5.41, 5.74) is 1.92. The SMILES string of the molecule is CSc1ccc(-c2nc(CSCC(=O)N3CCCC3)c(C)o2)cc1. The molecule has 0 spiro atoms. The Bertz CT molecular complexity index is 692. The number of nitrogens with zero attached hydrogens (tertiary/aromatic N) is 2. The summed E-state index contributed by atoms with van der Waals surface area (Å²) in [4.78, 5) is 19.9. The Morgan fingerprint density at radius 1 is 1.25 bits per heavy atom. The molecule has 0 unspecified atom stereocenters. The number of amides is 1. The molecule has 0 aliphatic carbocycles. The molecule has 1 aliphatic heterocycles. The fourth-order valence-corrected chi connectivity index (χ4v) is 4.04. The van der Waals surface area contributed by atoms with E-state index in [0.717, 1.165) is 42.9 Å². The predicted octanol–water partition coefficient (Wildman–Crippen LogP) is 4.23. The van der Waals surface area contributed by atoms with Crippen LogP contribution in [0.5, 0.6) is 0 Å². The van der Waals surface area contributed by atoms with Gasteiger partial charge < -0.3 is 9.32 Å². The summed E-state index contributed by atoms with van der Waals surface area (Å²) in [7, 11) is 0. The van der Waals surface area contributed by atoms with Gasteiger partial charge in [-0.05, 0) is 50.3 Å². The zero-order chi connectivity index (χ0) is 16.9. The van der Waals surface area contributed by atoms with E-state index in [1.54, 1.807) is 23.5 Å². The van der Waals surface area contributed by atoms with E-state index in [9.17, 15) is 4.79 Å². The van der Waals surface area contributed by atoms with Gasteiger partial charge >= 0.3 is 0 Å². The lowest BCUT2D eigenvalue weighted by Gasteiger charge is -2.14. The molecule has 1 aromatic heterocycles. The van der Waals surface area contributed by atoms with E-state index in [4.69, 9.17) is 4.42 Å². The lowest BCUT2D eigenvalue weighted by Crippen LogP contribution is -2.29. The standard InChI is InChI=1S/C18H22N2O2S2/c1-13-16(11-24-12-17(21)20-9-3-4-10-20)19-18(22-13)14-5-7-15(23-2)8-6-14/h5-8H,3-4,9-12H2,1-2H3.